The van der Waals surface area contributed by atoms with Crippen LogP contribution in [-0.4, -0.2) is 44.2 Å². The number of thioether (sulfide) groups is 1. The number of nitrogens with zero attached hydrogens (tertiary/aromatic N) is 3. The predicted octanol–water partition coefficient (Wildman–Crippen LogP) is 3.92. The molecule has 3 fully saturated rings. The summed E-state index contributed by atoms with van der Waals surface area (Å²) in [4.78, 5) is 30.6. The van der Waals surface area contributed by atoms with E-state index in [1.54, 1.807) is 25.6 Å². The van der Waals surface area contributed by atoms with Gasteiger partial charge in [-0.25, -0.2) is 9.78 Å². The largest absolute Gasteiger partial charge is 0.325 e. The van der Waals surface area contributed by atoms with Crippen LogP contribution in [0.3, 0.4) is 0 Å². The molecule has 1 saturated heterocycles. The number of amides is 3. The Morgan fingerprint density at radius 3 is 2.57 bits per heavy atom. The molecule has 0 radical (unpaired) electrons. The molecule has 4 atom stereocenters. The minimum Gasteiger partial charge on any atom is -0.324 e. The zero-order valence-corrected chi connectivity index (χ0v) is 18.4. The fourth-order valence-electron chi connectivity index (χ4n) is 5.50. The molecule has 28 heavy (non-hydrogen) atoms. The quantitative estimate of drug-likeness (QED) is 0.576. The van der Waals surface area contributed by atoms with E-state index < -0.39 is 5.54 Å². The summed E-state index contributed by atoms with van der Waals surface area (Å²) in [6.07, 6.45) is 5.56. The van der Waals surface area contributed by atoms with Gasteiger partial charge in [0.05, 0.1) is 5.69 Å². The van der Waals surface area contributed by atoms with Crippen molar-refractivity contribution in [2.24, 2.45) is 17.8 Å². The van der Waals surface area contributed by atoms with E-state index in [0.717, 1.165) is 28.6 Å². The first-order valence-corrected chi connectivity index (χ1v) is 11.5. The second kappa shape index (κ2) is 7.08. The van der Waals surface area contributed by atoms with E-state index in [-0.39, 0.29) is 11.9 Å². The highest BCUT2D eigenvalue weighted by Crippen LogP contribution is 2.52. The molecule has 1 aromatic heterocycles. The number of imidazole rings is 1. The molecule has 154 valence electrons. The van der Waals surface area contributed by atoms with E-state index in [1.165, 1.54) is 36.3 Å². The molecule has 1 aliphatic heterocycles. The normalized spacial score (nSPS) is 29.6. The third-order valence-corrected chi connectivity index (χ3v) is 8.10. The molecule has 0 unspecified atom stereocenters. The van der Waals surface area contributed by atoms with E-state index >= 15 is 0 Å². The van der Waals surface area contributed by atoms with E-state index in [1.807, 2.05) is 0 Å². The van der Waals surface area contributed by atoms with Crippen LogP contribution >= 0.6 is 11.8 Å². The number of aromatic nitrogens is 2. The number of carbonyl (C=O) groups is 2. The molecule has 6 nitrogen and oxygen atoms in total. The third kappa shape index (κ3) is 3.25. The minimum absolute atomic E-state index is 0.149. The highest BCUT2D eigenvalue weighted by Gasteiger charge is 2.44. The van der Waals surface area contributed by atoms with Crippen LogP contribution in [0, 0.1) is 31.6 Å². The van der Waals surface area contributed by atoms with Crippen LogP contribution in [0.4, 0.5) is 4.79 Å². The lowest BCUT2D eigenvalue weighted by molar-refractivity contribution is -0.130. The number of hydrogen-bond acceptors (Lipinski definition) is 4. The molecule has 3 amide bonds. The number of aryl methyl sites for hydroxylation is 1. The van der Waals surface area contributed by atoms with Crippen molar-refractivity contribution >= 4 is 23.7 Å². The smallest absolute Gasteiger partial charge is 0.324 e. The number of carbonyl (C=O) groups excluding carboxylic acids is 2. The number of rotatable bonds is 6. The average molecular weight is 405 g/mol. The number of hydrogen-bond donors (Lipinski definition) is 1. The van der Waals surface area contributed by atoms with Gasteiger partial charge in [0.15, 0.2) is 5.16 Å². The maximum absolute atomic E-state index is 12.4. The number of fused-ring (bicyclic) bond motifs is 2. The van der Waals surface area contributed by atoms with Crippen LogP contribution in [0.15, 0.2) is 5.16 Å². The Balaban J connectivity index is 1.45. The molecular weight excluding hydrogens is 372 g/mol. The molecule has 3 aliphatic rings. The summed E-state index contributed by atoms with van der Waals surface area (Å²) in [6, 6.07) is 0.163. The molecule has 4 rings (SSSR count). The van der Waals surface area contributed by atoms with Gasteiger partial charge in [-0.05, 0) is 71.6 Å². The lowest BCUT2D eigenvalue weighted by Gasteiger charge is -2.30. The van der Waals surface area contributed by atoms with Crippen molar-refractivity contribution in [3.8, 4) is 0 Å². The van der Waals surface area contributed by atoms with Crippen molar-refractivity contribution in [3.05, 3.63) is 11.4 Å². The van der Waals surface area contributed by atoms with Crippen LogP contribution in [0.1, 0.15) is 63.9 Å². The molecule has 7 heteroatoms. The average Bonchev–Trinajstić information content (AvgIpc) is 3.36. The Labute approximate surface area is 171 Å². The molecule has 2 bridgehead atoms. The predicted molar refractivity (Wildman–Crippen MR) is 110 cm³/mol. The van der Waals surface area contributed by atoms with Gasteiger partial charge >= 0.3 is 6.03 Å². The van der Waals surface area contributed by atoms with E-state index in [4.69, 9.17) is 4.98 Å². The van der Waals surface area contributed by atoms with Crippen molar-refractivity contribution in [1.29, 1.82) is 0 Å². The fourth-order valence-corrected chi connectivity index (χ4v) is 6.60. The number of nitrogens with one attached hydrogen (secondary N) is 1. The van der Waals surface area contributed by atoms with Crippen molar-refractivity contribution in [3.63, 3.8) is 0 Å². The zero-order valence-electron chi connectivity index (χ0n) is 17.6. The molecule has 2 heterocycles. The second-order valence-corrected chi connectivity index (χ2v) is 10.4. The highest BCUT2D eigenvalue weighted by atomic mass is 32.2. The summed E-state index contributed by atoms with van der Waals surface area (Å²) in [5.74, 6) is 3.06. The van der Waals surface area contributed by atoms with Crippen LogP contribution in [0.5, 0.6) is 0 Å². The van der Waals surface area contributed by atoms with Gasteiger partial charge in [-0.1, -0.05) is 18.2 Å². The maximum atomic E-state index is 12.4. The van der Waals surface area contributed by atoms with E-state index in [9.17, 15) is 9.59 Å². The first kappa shape index (κ1) is 19.8. The highest BCUT2D eigenvalue weighted by molar-refractivity contribution is 7.99. The Bertz CT molecular complexity index is 803. The zero-order chi connectivity index (χ0) is 20.2. The molecule has 0 spiro atoms. The van der Waals surface area contributed by atoms with Gasteiger partial charge in [0.2, 0.25) is 0 Å². The lowest BCUT2D eigenvalue weighted by Crippen LogP contribution is -2.40. The third-order valence-electron chi connectivity index (χ3n) is 7.16. The summed E-state index contributed by atoms with van der Waals surface area (Å²) >= 11 is 1.66. The summed E-state index contributed by atoms with van der Waals surface area (Å²) in [7, 11) is 0. The topological polar surface area (TPSA) is 67.2 Å². The molecule has 2 saturated carbocycles. The second-order valence-electron chi connectivity index (χ2n) is 9.37. The summed E-state index contributed by atoms with van der Waals surface area (Å²) in [5.41, 5.74) is 1.52. The summed E-state index contributed by atoms with van der Waals surface area (Å²) in [5, 5.41) is 3.77. The van der Waals surface area contributed by atoms with Gasteiger partial charge < -0.3 is 9.88 Å². The van der Waals surface area contributed by atoms with Gasteiger partial charge in [0.25, 0.3) is 5.91 Å². The van der Waals surface area contributed by atoms with Gasteiger partial charge in [0, 0.05) is 24.0 Å². The van der Waals surface area contributed by atoms with Gasteiger partial charge in [-0.3, -0.25) is 9.69 Å². The van der Waals surface area contributed by atoms with Crippen LogP contribution < -0.4 is 5.32 Å². The standard InChI is InChI=1S/C21H32N4O2S/c1-12-13(2)25(14(3)17-11-15-6-7-16(17)10-15)20(22-12)28-9-8-24-18(26)21(4,5)23-19(24)27/h14-17H,6-11H2,1-5H3,(H,23,27)/t14-,15-,16-,17-/m0/s1. The monoisotopic (exact) mass is 404 g/mol. The Morgan fingerprint density at radius 2 is 2.00 bits per heavy atom. The molecule has 1 N–H and O–H groups in total. The summed E-state index contributed by atoms with van der Waals surface area (Å²) in [6.45, 7) is 10.5. The van der Waals surface area contributed by atoms with Crippen LogP contribution in [0.2, 0.25) is 0 Å². The number of imide groups is 1. The first-order valence-electron chi connectivity index (χ1n) is 10.5. The minimum atomic E-state index is -0.802. The molecular formula is C21H32N4O2S. The van der Waals surface area contributed by atoms with E-state index in [2.05, 4.69) is 30.7 Å². The van der Waals surface area contributed by atoms with Gasteiger partial charge in [0.1, 0.15) is 5.54 Å². The van der Waals surface area contributed by atoms with Crippen LogP contribution in [0.25, 0.3) is 0 Å². The summed E-state index contributed by atoms with van der Waals surface area (Å²) < 4.78 is 2.42. The van der Waals surface area contributed by atoms with Crippen LogP contribution in [-0.2, 0) is 4.79 Å². The van der Waals surface area contributed by atoms with Gasteiger partial charge in [-0.15, -0.1) is 0 Å². The van der Waals surface area contributed by atoms with E-state index in [0.29, 0.717) is 18.3 Å². The first-order chi connectivity index (χ1) is 13.2. The van der Waals surface area contributed by atoms with Crippen molar-refractivity contribution < 1.29 is 9.59 Å². The van der Waals surface area contributed by atoms with Crippen molar-refractivity contribution in [1.82, 2.24) is 19.8 Å². The Kier molecular flexibility index (Phi) is 5.01. The fraction of sp³-hybridized carbons (Fsp3) is 0.762. The lowest BCUT2D eigenvalue weighted by atomic mass is 9.84. The Morgan fingerprint density at radius 1 is 1.25 bits per heavy atom. The van der Waals surface area contributed by atoms with Crippen molar-refractivity contribution in [2.45, 2.75) is 77.0 Å². The SMILES string of the molecule is Cc1nc(SCCN2C(=O)NC(C)(C)C2=O)n([C@@H](C)[C@@H]2C[C@H]3CC[C@H]2C3)c1C. The van der Waals surface area contributed by atoms with Crippen molar-refractivity contribution in [2.75, 3.05) is 12.3 Å². The van der Waals surface area contributed by atoms with Gasteiger partial charge in [-0.2, -0.15) is 0 Å². The Hall–Kier alpha value is -1.50. The molecule has 1 aromatic rings. The number of urea groups is 1. The molecule has 2 aliphatic carbocycles. The molecule has 0 aromatic carbocycles. The maximum Gasteiger partial charge on any atom is 0.325 e.